The second-order valence-electron chi connectivity index (χ2n) is 5.71. The van der Waals surface area contributed by atoms with Crippen LogP contribution >= 0.6 is 0 Å². The molecule has 1 unspecified atom stereocenters. The summed E-state index contributed by atoms with van der Waals surface area (Å²) in [5, 5.41) is 10.9. The van der Waals surface area contributed by atoms with Crippen molar-refractivity contribution in [1.29, 1.82) is 0 Å². The highest BCUT2D eigenvalue weighted by Gasteiger charge is 2.25. The lowest BCUT2D eigenvalue weighted by atomic mass is 10.3. The molecule has 1 saturated heterocycles. The van der Waals surface area contributed by atoms with Crippen LogP contribution < -0.4 is 10.6 Å². The predicted octanol–water partition coefficient (Wildman–Crippen LogP) is 0.839. The Morgan fingerprint density at radius 1 is 1.43 bits per heavy atom. The van der Waals surface area contributed by atoms with Crippen molar-refractivity contribution >= 4 is 11.9 Å². The Morgan fingerprint density at radius 2 is 2.30 bits per heavy atom. The standard InChI is InChI=1S/C16H28N6O/c1-3-15(23)21-12-7-14(13-21)20-16(17-4-2)18-8-5-10-22-11-6-9-19-22/h6,9,11,14H,3-5,7-8,10,12-13H2,1-2H3,(H2,17,18,20). The quantitative estimate of drug-likeness (QED) is 0.443. The third-order valence-corrected chi connectivity index (χ3v) is 3.90. The van der Waals surface area contributed by atoms with E-state index in [1.54, 1.807) is 6.20 Å². The molecule has 128 valence electrons. The van der Waals surface area contributed by atoms with Gasteiger partial charge in [0.1, 0.15) is 0 Å². The summed E-state index contributed by atoms with van der Waals surface area (Å²) in [4.78, 5) is 18.3. The van der Waals surface area contributed by atoms with Crippen LogP contribution in [0.25, 0.3) is 0 Å². The number of hydrogen-bond donors (Lipinski definition) is 2. The molecule has 0 spiro atoms. The third kappa shape index (κ3) is 5.58. The Labute approximate surface area is 138 Å². The molecule has 2 heterocycles. The van der Waals surface area contributed by atoms with Crippen LogP contribution in [0.3, 0.4) is 0 Å². The lowest BCUT2D eigenvalue weighted by Crippen LogP contribution is -2.45. The third-order valence-electron chi connectivity index (χ3n) is 3.90. The average Bonchev–Trinajstić information content (AvgIpc) is 3.22. The van der Waals surface area contributed by atoms with Crippen molar-refractivity contribution in [2.24, 2.45) is 4.99 Å². The van der Waals surface area contributed by atoms with Gasteiger partial charge in [-0.05, 0) is 25.8 Å². The van der Waals surface area contributed by atoms with E-state index < -0.39 is 0 Å². The van der Waals surface area contributed by atoms with Crippen molar-refractivity contribution in [3.63, 3.8) is 0 Å². The van der Waals surface area contributed by atoms with Crippen LogP contribution in [0.5, 0.6) is 0 Å². The van der Waals surface area contributed by atoms with E-state index in [0.29, 0.717) is 6.42 Å². The van der Waals surface area contributed by atoms with E-state index in [0.717, 1.165) is 51.5 Å². The largest absolute Gasteiger partial charge is 0.357 e. The minimum absolute atomic E-state index is 0.232. The van der Waals surface area contributed by atoms with Crippen LogP contribution in [-0.4, -0.2) is 58.8 Å². The first-order chi connectivity index (χ1) is 11.2. The van der Waals surface area contributed by atoms with E-state index in [2.05, 4.69) is 27.6 Å². The summed E-state index contributed by atoms with van der Waals surface area (Å²) in [7, 11) is 0. The normalized spacial score (nSPS) is 18.3. The second kappa shape index (κ2) is 9.17. The predicted molar refractivity (Wildman–Crippen MR) is 91.2 cm³/mol. The number of aryl methyl sites for hydroxylation is 1. The molecular weight excluding hydrogens is 292 g/mol. The van der Waals surface area contributed by atoms with Crippen LogP contribution in [0.15, 0.2) is 23.5 Å². The summed E-state index contributed by atoms with van der Waals surface area (Å²) in [5.41, 5.74) is 0. The summed E-state index contributed by atoms with van der Waals surface area (Å²) in [6, 6.07) is 2.22. The lowest BCUT2D eigenvalue weighted by molar-refractivity contribution is -0.129. The van der Waals surface area contributed by atoms with Gasteiger partial charge in [0.15, 0.2) is 5.96 Å². The topological polar surface area (TPSA) is 74.6 Å². The molecule has 1 atom stereocenters. The van der Waals surface area contributed by atoms with Gasteiger partial charge < -0.3 is 15.5 Å². The van der Waals surface area contributed by atoms with Gasteiger partial charge >= 0.3 is 0 Å². The maximum atomic E-state index is 11.7. The maximum absolute atomic E-state index is 11.7. The summed E-state index contributed by atoms with van der Waals surface area (Å²) in [6.45, 7) is 8.02. The SMILES string of the molecule is CCNC(=NCCCn1cccn1)NC1CCN(C(=O)CC)C1. The van der Waals surface area contributed by atoms with Crippen molar-refractivity contribution in [1.82, 2.24) is 25.3 Å². The molecule has 0 aliphatic carbocycles. The van der Waals surface area contributed by atoms with Crippen molar-refractivity contribution < 1.29 is 4.79 Å². The lowest BCUT2D eigenvalue weighted by Gasteiger charge is -2.18. The van der Waals surface area contributed by atoms with Gasteiger partial charge in [0.05, 0.1) is 0 Å². The van der Waals surface area contributed by atoms with Gasteiger partial charge in [-0.1, -0.05) is 6.92 Å². The summed E-state index contributed by atoms with van der Waals surface area (Å²) in [6.07, 6.45) is 6.25. The highest BCUT2D eigenvalue weighted by atomic mass is 16.2. The van der Waals surface area contributed by atoms with Gasteiger partial charge in [0.2, 0.25) is 5.91 Å². The van der Waals surface area contributed by atoms with Gasteiger partial charge in [0, 0.05) is 57.6 Å². The van der Waals surface area contributed by atoms with E-state index in [1.165, 1.54) is 0 Å². The van der Waals surface area contributed by atoms with Crippen LogP contribution in [0.4, 0.5) is 0 Å². The first-order valence-corrected chi connectivity index (χ1v) is 8.53. The number of likely N-dealkylation sites (tertiary alicyclic amines) is 1. The van der Waals surface area contributed by atoms with Crippen molar-refractivity contribution in [2.75, 3.05) is 26.2 Å². The van der Waals surface area contributed by atoms with Gasteiger partial charge in [0.25, 0.3) is 0 Å². The van der Waals surface area contributed by atoms with E-state index in [9.17, 15) is 4.79 Å². The molecule has 7 heteroatoms. The minimum Gasteiger partial charge on any atom is -0.357 e. The number of amides is 1. The zero-order valence-electron chi connectivity index (χ0n) is 14.2. The molecule has 0 radical (unpaired) electrons. The molecule has 0 saturated carbocycles. The zero-order chi connectivity index (χ0) is 16.5. The molecule has 1 aromatic rings. The van der Waals surface area contributed by atoms with E-state index in [-0.39, 0.29) is 11.9 Å². The van der Waals surface area contributed by atoms with Gasteiger partial charge in [-0.3, -0.25) is 14.5 Å². The number of rotatable bonds is 7. The number of carbonyl (C=O) groups excluding carboxylic acids is 1. The molecule has 2 rings (SSSR count). The van der Waals surface area contributed by atoms with Gasteiger partial charge in [-0.2, -0.15) is 5.10 Å². The molecule has 2 N–H and O–H groups in total. The van der Waals surface area contributed by atoms with Crippen LogP contribution in [0, 0.1) is 0 Å². The van der Waals surface area contributed by atoms with Crippen molar-refractivity contribution in [3.8, 4) is 0 Å². The van der Waals surface area contributed by atoms with Crippen LogP contribution in [0.1, 0.15) is 33.1 Å². The number of guanidine groups is 1. The molecule has 0 aromatic carbocycles. The Hall–Kier alpha value is -2.05. The first-order valence-electron chi connectivity index (χ1n) is 8.53. The molecule has 1 aliphatic rings. The van der Waals surface area contributed by atoms with E-state index in [4.69, 9.17) is 0 Å². The molecular formula is C16H28N6O. The summed E-state index contributed by atoms with van der Waals surface area (Å²) in [5.74, 6) is 1.07. The van der Waals surface area contributed by atoms with Crippen LogP contribution in [-0.2, 0) is 11.3 Å². The summed E-state index contributed by atoms with van der Waals surface area (Å²) < 4.78 is 1.92. The zero-order valence-corrected chi connectivity index (χ0v) is 14.2. The molecule has 1 fully saturated rings. The highest BCUT2D eigenvalue weighted by molar-refractivity contribution is 5.80. The molecule has 1 aliphatic heterocycles. The molecule has 0 bridgehead atoms. The smallest absolute Gasteiger partial charge is 0.222 e. The molecule has 1 amide bonds. The van der Waals surface area contributed by atoms with Crippen molar-refractivity contribution in [2.45, 2.75) is 45.7 Å². The Bertz CT molecular complexity index is 499. The molecule has 7 nitrogen and oxygen atoms in total. The van der Waals surface area contributed by atoms with Gasteiger partial charge in [-0.15, -0.1) is 0 Å². The maximum Gasteiger partial charge on any atom is 0.222 e. The minimum atomic E-state index is 0.232. The Morgan fingerprint density at radius 3 is 3.00 bits per heavy atom. The number of nitrogens with zero attached hydrogens (tertiary/aromatic N) is 4. The first kappa shape index (κ1) is 17.3. The monoisotopic (exact) mass is 320 g/mol. The van der Waals surface area contributed by atoms with E-state index in [1.807, 2.05) is 28.8 Å². The second-order valence-corrected chi connectivity index (χ2v) is 5.71. The fourth-order valence-corrected chi connectivity index (χ4v) is 2.70. The van der Waals surface area contributed by atoms with Gasteiger partial charge in [-0.25, -0.2) is 0 Å². The summed E-state index contributed by atoms with van der Waals surface area (Å²) >= 11 is 0. The molecule has 23 heavy (non-hydrogen) atoms. The highest BCUT2D eigenvalue weighted by Crippen LogP contribution is 2.10. The van der Waals surface area contributed by atoms with Crippen LogP contribution in [0.2, 0.25) is 0 Å². The number of hydrogen-bond acceptors (Lipinski definition) is 3. The average molecular weight is 320 g/mol. The Balaban J connectivity index is 1.76. The number of aromatic nitrogens is 2. The number of nitrogens with one attached hydrogen (secondary N) is 2. The number of aliphatic imine (C=N–C) groups is 1. The van der Waals surface area contributed by atoms with Crippen molar-refractivity contribution in [3.05, 3.63) is 18.5 Å². The Kier molecular flexibility index (Phi) is 6.90. The fraction of sp³-hybridized carbons (Fsp3) is 0.688. The van der Waals surface area contributed by atoms with E-state index >= 15 is 0 Å². The number of carbonyl (C=O) groups is 1. The molecule has 1 aromatic heterocycles. The fourth-order valence-electron chi connectivity index (χ4n) is 2.70.